The molecule has 0 amide bonds. The van der Waals surface area contributed by atoms with Crippen LogP contribution in [0.1, 0.15) is 30.1 Å². The second-order valence-electron chi connectivity index (χ2n) is 3.34. The second kappa shape index (κ2) is 6.38. The van der Waals surface area contributed by atoms with Crippen LogP contribution < -0.4 is 4.74 Å². The third-order valence-corrected chi connectivity index (χ3v) is 2.42. The molecule has 16 heavy (non-hydrogen) atoms. The summed E-state index contributed by atoms with van der Waals surface area (Å²) in [4.78, 5) is 11.3. The molecule has 0 saturated carbocycles. The Kier molecular flexibility index (Phi) is 5.12. The molecule has 0 aliphatic carbocycles. The van der Waals surface area contributed by atoms with Crippen molar-refractivity contribution in [3.63, 3.8) is 0 Å². The number of hydrogen-bond acceptors (Lipinski definition) is 3. The van der Waals surface area contributed by atoms with Gasteiger partial charge in [0, 0.05) is 0 Å². The van der Waals surface area contributed by atoms with Gasteiger partial charge in [-0.1, -0.05) is 24.9 Å². The van der Waals surface area contributed by atoms with E-state index in [1.165, 1.54) is 7.11 Å². The smallest absolute Gasteiger partial charge is 0.337 e. The summed E-state index contributed by atoms with van der Waals surface area (Å²) in [6, 6.07) is 4.85. The van der Waals surface area contributed by atoms with Crippen molar-refractivity contribution in [2.24, 2.45) is 0 Å². The molecular weight excluding hydrogens is 228 g/mol. The number of ether oxygens (including phenoxy) is 2. The third kappa shape index (κ3) is 3.42. The Hall–Kier alpha value is -1.22. The van der Waals surface area contributed by atoms with Crippen molar-refractivity contribution < 1.29 is 14.3 Å². The van der Waals surface area contributed by atoms with Crippen molar-refractivity contribution in [1.82, 2.24) is 0 Å². The number of carbonyl (C=O) groups excluding carboxylic acids is 1. The topological polar surface area (TPSA) is 35.5 Å². The van der Waals surface area contributed by atoms with Crippen LogP contribution in [-0.2, 0) is 4.74 Å². The molecule has 0 saturated heterocycles. The number of methoxy groups -OCH3 is 1. The fourth-order valence-corrected chi connectivity index (χ4v) is 1.36. The molecule has 0 atom stereocenters. The molecule has 0 spiro atoms. The van der Waals surface area contributed by atoms with Crippen molar-refractivity contribution in [2.45, 2.75) is 19.8 Å². The van der Waals surface area contributed by atoms with Crippen molar-refractivity contribution in [3.8, 4) is 5.75 Å². The van der Waals surface area contributed by atoms with E-state index in [0.29, 0.717) is 22.9 Å². The summed E-state index contributed by atoms with van der Waals surface area (Å²) in [5, 5.41) is 0.503. The third-order valence-electron chi connectivity index (χ3n) is 2.11. The zero-order valence-electron chi connectivity index (χ0n) is 9.46. The monoisotopic (exact) mass is 242 g/mol. The number of carbonyl (C=O) groups is 1. The van der Waals surface area contributed by atoms with Gasteiger partial charge in [-0.25, -0.2) is 4.79 Å². The molecule has 0 aliphatic rings. The lowest BCUT2D eigenvalue weighted by Crippen LogP contribution is -2.03. The molecule has 1 aromatic rings. The molecule has 0 bridgehead atoms. The number of halogens is 1. The first-order chi connectivity index (χ1) is 7.69. The standard InChI is InChI=1S/C12H15ClO3/c1-3-4-7-16-11-8-9(12(14)15-2)5-6-10(11)13/h5-6,8H,3-4,7H2,1-2H3. The summed E-state index contributed by atoms with van der Waals surface area (Å²) in [6.45, 7) is 2.68. The fraction of sp³-hybridized carbons (Fsp3) is 0.417. The van der Waals surface area contributed by atoms with Crippen LogP contribution in [0.2, 0.25) is 5.02 Å². The molecule has 3 nitrogen and oxygen atoms in total. The zero-order chi connectivity index (χ0) is 12.0. The van der Waals surface area contributed by atoms with Crippen LogP contribution in [0.3, 0.4) is 0 Å². The zero-order valence-corrected chi connectivity index (χ0v) is 10.2. The summed E-state index contributed by atoms with van der Waals surface area (Å²) >= 11 is 5.95. The van der Waals surface area contributed by atoms with Crippen molar-refractivity contribution in [3.05, 3.63) is 28.8 Å². The van der Waals surface area contributed by atoms with Gasteiger partial charge in [-0.2, -0.15) is 0 Å². The lowest BCUT2D eigenvalue weighted by Gasteiger charge is -2.08. The van der Waals surface area contributed by atoms with Gasteiger partial charge in [-0.3, -0.25) is 0 Å². The van der Waals surface area contributed by atoms with E-state index in [1.807, 2.05) is 0 Å². The van der Waals surface area contributed by atoms with Crippen LogP contribution in [0.5, 0.6) is 5.75 Å². The molecule has 4 heteroatoms. The van der Waals surface area contributed by atoms with E-state index in [4.69, 9.17) is 16.3 Å². The number of unbranched alkanes of at least 4 members (excludes halogenated alkanes) is 1. The van der Waals surface area contributed by atoms with E-state index >= 15 is 0 Å². The minimum absolute atomic E-state index is 0.392. The summed E-state index contributed by atoms with van der Waals surface area (Å²) in [5.41, 5.74) is 0.443. The van der Waals surface area contributed by atoms with E-state index in [9.17, 15) is 4.79 Å². The van der Waals surface area contributed by atoms with Crippen LogP contribution in [0.4, 0.5) is 0 Å². The van der Waals surface area contributed by atoms with E-state index in [0.717, 1.165) is 12.8 Å². The van der Waals surface area contributed by atoms with Gasteiger partial charge in [0.05, 0.1) is 24.3 Å². The Bertz CT molecular complexity index is 363. The minimum Gasteiger partial charge on any atom is -0.492 e. The Labute approximate surface area is 100 Å². The molecule has 0 fully saturated rings. The number of rotatable bonds is 5. The summed E-state index contributed by atoms with van der Waals surface area (Å²) < 4.78 is 10.1. The molecule has 88 valence electrons. The fourth-order valence-electron chi connectivity index (χ4n) is 1.19. The number of benzene rings is 1. The van der Waals surface area contributed by atoms with Gasteiger partial charge in [0.15, 0.2) is 0 Å². The second-order valence-corrected chi connectivity index (χ2v) is 3.75. The van der Waals surface area contributed by atoms with E-state index in [-0.39, 0.29) is 0 Å². The quantitative estimate of drug-likeness (QED) is 0.587. The van der Waals surface area contributed by atoms with Gasteiger partial charge < -0.3 is 9.47 Å². The highest BCUT2D eigenvalue weighted by molar-refractivity contribution is 6.32. The summed E-state index contributed by atoms with van der Waals surface area (Å²) in [6.07, 6.45) is 2.01. The first-order valence-electron chi connectivity index (χ1n) is 5.19. The Morgan fingerprint density at radius 2 is 2.19 bits per heavy atom. The highest BCUT2D eigenvalue weighted by Crippen LogP contribution is 2.26. The van der Waals surface area contributed by atoms with E-state index < -0.39 is 5.97 Å². The van der Waals surface area contributed by atoms with E-state index in [2.05, 4.69) is 11.7 Å². The maximum atomic E-state index is 11.3. The largest absolute Gasteiger partial charge is 0.492 e. The predicted octanol–water partition coefficient (Wildman–Crippen LogP) is 3.31. The molecule has 0 unspecified atom stereocenters. The van der Waals surface area contributed by atoms with Crippen LogP contribution in [0.25, 0.3) is 0 Å². The van der Waals surface area contributed by atoms with Gasteiger partial charge in [-0.15, -0.1) is 0 Å². The molecule has 1 rings (SSSR count). The minimum atomic E-state index is -0.392. The maximum absolute atomic E-state index is 11.3. The van der Waals surface area contributed by atoms with Crippen molar-refractivity contribution in [2.75, 3.05) is 13.7 Å². The first kappa shape index (κ1) is 12.8. The Morgan fingerprint density at radius 3 is 2.81 bits per heavy atom. The molecule has 0 N–H and O–H groups in total. The van der Waals surface area contributed by atoms with Crippen LogP contribution in [0.15, 0.2) is 18.2 Å². The molecule has 0 aliphatic heterocycles. The summed E-state index contributed by atoms with van der Waals surface area (Å²) in [7, 11) is 1.34. The highest BCUT2D eigenvalue weighted by Gasteiger charge is 2.09. The van der Waals surface area contributed by atoms with Gasteiger partial charge >= 0.3 is 5.97 Å². The SMILES string of the molecule is CCCCOc1cc(C(=O)OC)ccc1Cl. The lowest BCUT2D eigenvalue weighted by atomic mass is 10.2. The first-order valence-corrected chi connectivity index (χ1v) is 5.57. The number of esters is 1. The average molecular weight is 243 g/mol. The average Bonchev–Trinajstić information content (AvgIpc) is 2.31. The molecule has 0 heterocycles. The molecule has 0 radical (unpaired) electrons. The molecular formula is C12H15ClO3. The predicted molar refractivity (Wildman–Crippen MR) is 63.2 cm³/mol. The Morgan fingerprint density at radius 1 is 1.44 bits per heavy atom. The van der Waals surface area contributed by atoms with Gasteiger partial charge in [-0.05, 0) is 24.6 Å². The van der Waals surface area contributed by atoms with Crippen LogP contribution >= 0.6 is 11.6 Å². The lowest BCUT2D eigenvalue weighted by molar-refractivity contribution is 0.0600. The molecule has 1 aromatic carbocycles. The van der Waals surface area contributed by atoms with Crippen molar-refractivity contribution >= 4 is 17.6 Å². The molecule has 0 aromatic heterocycles. The van der Waals surface area contributed by atoms with Crippen LogP contribution in [-0.4, -0.2) is 19.7 Å². The Balaban J connectivity index is 2.78. The highest BCUT2D eigenvalue weighted by atomic mass is 35.5. The summed E-state index contributed by atoms with van der Waals surface area (Å²) in [5.74, 6) is 0.134. The van der Waals surface area contributed by atoms with Crippen LogP contribution in [0, 0.1) is 0 Å². The van der Waals surface area contributed by atoms with Gasteiger partial charge in [0.2, 0.25) is 0 Å². The van der Waals surface area contributed by atoms with E-state index in [1.54, 1.807) is 18.2 Å². The van der Waals surface area contributed by atoms with Gasteiger partial charge in [0.25, 0.3) is 0 Å². The number of hydrogen-bond donors (Lipinski definition) is 0. The van der Waals surface area contributed by atoms with Gasteiger partial charge in [0.1, 0.15) is 5.75 Å². The normalized spacial score (nSPS) is 9.94. The maximum Gasteiger partial charge on any atom is 0.337 e. The van der Waals surface area contributed by atoms with Crippen molar-refractivity contribution in [1.29, 1.82) is 0 Å².